The van der Waals surface area contributed by atoms with Gasteiger partial charge < -0.3 is 14.2 Å². The Kier molecular flexibility index (Phi) is 3.72. The summed E-state index contributed by atoms with van der Waals surface area (Å²) in [5.74, 6) is 1.22. The topological polar surface area (TPSA) is 98.6 Å². The number of benzene rings is 1. The Bertz CT molecular complexity index is 829. The minimum Gasteiger partial charge on any atom is -0.478 e. The molecule has 9 heteroatoms. The fraction of sp³-hybridized carbons (Fsp3) is 0.286. The standard InChI is InChI=1S/C14H15N3O5S/c1-8(2)12(9-4-5-10-11(6-9)22-7-21-10)15-13-14(20-3)17-23(18,19)16-13/h4-6,12H,1,7H2,2-3H3,(H,15,16)/t12-/m1/s1. The highest BCUT2D eigenvalue weighted by Crippen LogP contribution is 2.36. The van der Waals surface area contributed by atoms with Crippen LogP contribution in [0.3, 0.4) is 0 Å². The highest BCUT2D eigenvalue weighted by Gasteiger charge is 2.29. The number of hydrogen-bond acceptors (Lipinski definition) is 6. The number of fused-ring (bicyclic) bond motifs is 1. The van der Waals surface area contributed by atoms with Crippen LogP contribution in [0.1, 0.15) is 18.5 Å². The van der Waals surface area contributed by atoms with Gasteiger partial charge >= 0.3 is 10.2 Å². The number of rotatable bonds is 3. The van der Waals surface area contributed by atoms with Crippen molar-refractivity contribution < 1.29 is 22.6 Å². The fourth-order valence-corrected chi connectivity index (χ4v) is 3.05. The van der Waals surface area contributed by atoms with E-state index in [1.54, 1.807) is 19.1 Å². The minimum absolute atomic E-state index is 0.0400. The smallest absolute Gasteiger partial charge is 0.347 e. The first kappa shape index (κ1) is 15.3. The lowest BCUT2D eigenvalue weighted by atomic mass is 10.0. The summed E-state index contributed by atoms with van der Waals surface area (Å²) in [4.78, 5) is 4.39. The second-order valence-electron chi connectivity index (χ2n) is 5.02. The molecule has 8 nitrogen and oxygen atoms in total. The predicted molar refractivity (Wildman–Crippen MR) is 84.1 cm³/mol. The second kappa shape index (κ2) is 5.58. The first-order valence-electron chi connectivity index (χ1n) is 6.69. The summed E-state index contributed by atoms with van der Waals surface area (Å²) in [6.07, 6.45) is 0. The Morgan fingerprint density at radius 3 is 2.87 bits per heavy atom. The average Bonchev–Trinajstić information content (AvgIpc) is 3.06. The Hall–Kier alpha value is -2.55. The molecule has 0 aliphatic carbocycles. The molecule has 1 aromatic rings. The van der Waals surface area contributed by atoms with Crippen molar-refractivity contribution in [1.82, 2.24) is 4.72 Å². The molecule has 0 aromatic heterocycles. The molecule has 2 heterocycles. The van der Waals surface area contributed by atoms with E-state index in [0.717, 1.165) is 11.1 Å². The van der Waals surface area contributed by atoms with Crippen molar-refractivity contribution in [2.45, 2.75) is 13.0 Å². The molecule has 122 valence electrons. The summed E-state index contributed by atoms with van der Waals surface area (Å²) in [5.41, 5.74) is 1.51. The van der Waals surface area contributed by atoms with E-state index in [9.17, 15) is 8.42 Å². The highest BCUT2D eigenvalue weighted by atomic mass is 32.2. The third kappa shape index (κ3) is 3.00. The van der Waals surface area contributed by atoms with E-state index in [0.29, 0.717) is 11.5 Å². The van der Waals surface area contributed by atoms with Crippen molar-refractivity contribution in [3.8, 4) is 11.5 Å². The SMILES string of the molecule is C=C(C)[C@@H](N=C1NS(=O)(=O)N=C1OC)c1ccc2c(c1)OCO2. The quantitative estimate of drug-likeness (QED) is 0.839. The summed E-state index contributed by atoms with van der Waals surface area (Å²) >= 11 is 0. The van der Waals surface area contributed by atoms with E-state index < -0.39 is 16.3 Å². The number of aliphatic imine (C=N–C) groups is 1. The zero-order valence-electron chi connectivity index (χ0n) is 12.6. The third-order valence-corrected chi connectivity index (χ3v) is 4.12. The van der Waals surface area contributed by atoms with E-state index in [1.807, 2.05) is 6.07 Å². The molecular weight excluding hydrogens is 322 g/mol. The van der Waals surface area contributed by atoms with Gasteiger partial charge in [0.25, 0.3) is 5.90 Å². The van der Waals surface area contributed by atoms with Crippen LogP contribution in [0.25, 0.3) is 0 Å². The van der Waals surface area contributed by atoms with Crippen LogP contribution in [0.5, 0.6) is 11.5 Å². The summed E-state index contributed by atoms with van der Waals surface area (Å²) in [6.45, 7) is 5.89. The molecule has 2 aliphatic rings. The number of nitrogens with one attached hydrogen (secondary N) is 1. The Balaban J connectivity index is 1.99. The van der Waals surface area contributed by atoms with Crippen molar-refractivity contribution in [1.29, 1.82) is 0 Å². The average molecular weight is 337 g/mol. The van der Waals surface area contributed by atoms with Gasteiger partial charge in [-0.1, -0.05) is 18.2 Å². The molecule has 2 aliphatic heterocycles. The second-order valence-corrected chi connectivity index (χ2v) is 6.35. The zero-order valence-corrected chi connectivity index (χ0v) is 13.4. The molecule has 0 fully saturated rings. The van der Waals surface area contributed by atoms with E-state index in [2.05, 4.69) is 20.7 Å². The largest absolute Gasteiger partial charge is 0.478 e. The van der Waals surface area contributed by atoms with Crippen LogP contribution in [0, 0.1) is 0 Å². The fourth-order valence-electron chi connectivity index (χ4n) is 2.24. The maximum atomic E-state index is 11.5. The molecule has 0 saturated carbocycles. The summed E-state index contributed by atoms with van der Waals surface area (Å²) in [6, 6.07) is 4.90. The van der Waals surface area contributed by atoms with Gasteiger partial charge in [-0.25, -0.2) is 4.72 Å². The lowest BCUT2D eigenvalue weighted by molar-refractivity contribution is 0.174. The Morgan fingerprint density at radius 2 is 2.17 bits per heavy atom. The van der Waals surface area contributed by atoms with Gasteiger partial charge in [0.1, 0.15) is 0 Å². The van der Waals surface area contributed by atoms with Crippen LogP contribution in [-0.2, 0) is 14.9 Å². The Labute approximate surface area is 133 Å². The van der Waals surface area contributed by atoms with Crippen molar-refractivity contribution in [2.75, 3.05) is 13.9 Å². The van der Waals surface area contributed by atoms with Gasteiger partial charge in [-0.15, -0.1) is 4.40 Å². The van der Waals surface area contributed by atoms with Crippen LogP contribution in [0.4, 0.5) is 0 Å². The maximum absolute atomic E-state index is 11.5. The first-order valence-corrected chi connectivity index (χ1v) is 8.13. The van der Waals surface area contributed by atoms with E-state index in [4.69, 9.17) is 14.2 Å². The van der Waals surface area contributed by atoms with Crippen LogP contribution in [0.2, 0.25) is 0 Å². The third-order valence-electron chi connectivity index (χ3n) is 3.26. The molecule has 0 spiro atoms. The first-order chi connectivity index (χ1) is 10.9. The number of hydrogen-bond donors (Lipinski definition) is 1. The molecule has 3 rings (SSSR count). The highest BCUT2D eigenvalue weighted by molar-refractivity contribution is 7.89. The van der Waals surface area contributed by atoms with E-state index >= 15 is 0 Å². The van der Waals surface area contributed by atoms with E-state index in [1.165, 1.54) is 7.11 Å². The molecule has 1 atom stereocenters. The van der Waals surface area contributed by atoms with Gasteiger partial charge in [0.2, 0.25) is 12.6 Å². The maximum Gasteiger partial charge on any atom is 0.347 e. The van der Waals surface area contributed by atoms with Crippen LogP contribution in [-0.4, -0.2) is 34.1 Å². The predicted octanol–water partition coefficient (Wildman–Crippen LogP) is 1.32. The van der Waals surface area contributed by atoms with Gasteiger partial charge in [-0.2, -0.15) is 8.42 Å². The lowest BCUT2D eigenvalue weighted by Gasteiger charge is -2.14. The molecule has 0 bridgehead atoms. The normalized spacial score (nSPS) is 20.8. The molecule has 0 radical (unpaired) electrons. The van der Waals surface area contributed by atoms with Gasteiger partial charge in [0.05, 0.1) is 13.2 Å². The van der Waals surface area contributed by atoms with Crippen LogP contribution < -0.4 is 14.2 Å². The van der Waals surface area contributed by atoms with Gasteiger partial charge in [0, 0.05) is 0 Å². The molecule has 1 aromatic carbocycles. The van der Waals surface area contributed by atoms with Crippen molar-refractivity contribution in [3.63, 3.8) is 0 Å². The molecular formula is C14H15N3O5S. The summed E-state index contributed by atoms with van der Waals surface area (Å²) in [7, 11) is -2.49. The number of ether oxygens (including phenoxy) is 3. The molecule has 0 amide bonds. The van der Waals surface area contributed by atoms with Crippen LogP contribution in [0.15, 0.2) is 39.7 Å². The van der Waals surface area contributed by atoms with Crippen LogP contribution >= 0.6 is 0 Å². The molecule has 1 N–H and O–H groups in total. The van der Waals surface area contributed by atoms with E-state index in [-0.39, 0.29) is 18.5 Å². The van der Waals surface area contributed by atoms with Crippen molar-refractivity contribution in [3.05, 3.63) is 35.9 Å². The Morgan fingerprint density at radius 1 is 1.43 bits per heavy atom. The van der Waals surface area contributed by atoms with Crippen molar-refractivity contribution >= 4 is 21.9 Å². The minimum atomic E-state index is -3.81. The molecule has 23 heavy (non-hydrogen) atoms. The number of amidine groups is 1. The number of nitrogens with zero attached hydrogens (tertiary/aromatic N) is 2. The lowest BCUT2D eigenvalue weighted by Crippen LogP contribution is -2.28. The van der Waals surface area contributed by atoms with Crippen molar-refractivity contribution in [2.24, 2.45) is 9.39 Å². The zero-order chi connectivity index (χ0) is 16.6. The van der Waals surface area contributed by atoms with Gasteiger partial charge in [-0.3, -0.25) is 4.99 Å². The summed E-state index contributed by atoms with van der Waals surface area (Å²) < 4.78 is 44.3. The monoisotopic (exact) mass is 337 g/mol. The van der Waals surface area contributed by atoms with Gasteiger partial charge in [-0.05, 0) is 24.6 Å². The molecule has 0 saturated heterocycles. The molecule has 0 unspecified atom stereocenters. The van der Waals surface area contributed by atoms with Gasteiger partial charge in [0.15, 0.2) is 11.5 Å². The summed E-state index contributed by atoms with van der Waals surface area (Å²) in [5, 5.41) is 0. The number of methoxy groups -OCH3 is 1.